The third-order valence-corrected chi connectivity index (χ3v) is 3.46. The van der Waals surface area contributed by atoms with E-state index in [-0.39, 0.29) is 0 Å². The lowest BCUT2D eigenvalue weighted by molar-refractivity contribution is 0.782. The first-order valence-corrected chi connectivity index (χ1v) is 5.85. The first-order valence-electron chi connectivity index (χ1n) is 5.06. The Bertz CT molecular complexity index is 543. The van der Waals surface area contributed by atoms with Gasteiger partial charge in [0, 0.05) is 12.6 Å². The van der Waals surface area contributed by atoms with Crippen LogP contribution in [0.3, 0.4) is 0 Å². The lowest BCUT2D eigenvalue weighted by atomic mass is 10.0. The van der Waals surface area contributed by atoms with Crippen LogP contribution in [0.5, 0.6) is 0 Å². The first-order chi connectivity index (χ1) is 7.50. The van der Waals surface area contributed by atoms with Gasteiger partial charge in [0.25, 0.3) is 0 Å². The molecule has 0 atom stereocenters. The smallest absolute Gasteiger partial charge is 0.136 e. The first kappa shape index (κ1) is 11.2. The van der Waals surface area contributed by atoms with Crippen molar-refractivity contribution in [3.05, 3.63) is 33.8 Å². The molecule has 0 unspecified atom stereocenters. The molecule has 0 fully saturated rings. The molecule has 0 amide bonds. The van der Waals surface area contributed by atoms with Crippen molar-refractivity contribution in [2.24, 2.45) is 7.05 Å². The largest absolute Gasteiger partial charge is 0.383 e. The van der Waals surface area contributed by atoms with E-state index in [4.69, 9.17) is 5.73 Å². The molecule has 0 saturated heterocycles. The van der Waals surface area contributed by atoms with Crippen LogP contribution in [0.25, 0.3) is 11.3 Å². The molecule has 0 spiro atoms. The number of anilines is 1. The zero-order chi connectivity index (χ0) is 11.9. The predicted octanol–water partition coefficient (Wildman–Crippen LogP) is 3.05. The number of nitrogen functional groups attached to an aromatic ring is 1. The third kappa shape index (κ3) is 1.73. The van der Waals surface area contributed by atoms with Crippen molar-refractivity contribution in [1.29, 1.82) is 0 Å². The summed E-state index contributed by atoms with van der Waals surface area (Å²) >= 11 is 3.49. The summed E-state index contributed by atoms with van der Waals surface area (Å²) in [4.78, 5) is 0. The molecule has 1 heterocycles. The molecule has 0 aliphatic carbocycles. The second-order valence-electron chi connectivity index (χ2n) is 3.99. The molecule has 2 rings (SSSR count). The highest BCUT2D eigenvalue weighted by Gasteiger charge is 2.14. The Labute approximate surface area is 103 Å². The molecule has 2 N–H and O–H groups in total. The fourth-order valence-electron chi connectivity index (χ4n) is 1.67. The van der Waals surface area contributed by atoms with Crippen molar-refractivity contribution < 1.29 is 0 Å². The number of hydrogen-bond acceptors (Lipinski definition) is 2. The molecule has 0 aliphatic heterocycles. The zero-order valence-corrected chi connectivity index (χ0v) is 11.2. The molecule has 0 saturated carbocycles. The van der Waals surface area contributed by atoms with Gasteiger partial charge in [0.05, 0.1) is 4.47 Å². The van der Waals surface area contributed by atoms with Gasteiger partial charge in [-0.2, -0.15) is 5.10 Å². The van der Waals surface area contributed by atoms with Crippen LogP contribution >= 0.6 is 15.9 Å². The Balaban J connectivity index is 2.67. The van der Waals surface area contributed by atoms with Gasteiger partial charge in [-0.1, -0.05) is 17.7 Å². The van der Waals surface area contributed by atoms with Crippen LogP contribution in [-0.4, -0.2) is 9.78 Å². The minimum absolute atomic E-state index is 0.649. The van der Waals surface area contributed by atoms with Crippen LogP contribution in [0, 0.1) is 13.8 Å². The summed E-state index contributed by atoms with van der Waals surface area (Å²) in [5, 5.41) is 4.43. The topological polar surface area (TPSA) is 43.8 Å². The van der Waals surface area contributed by atoms with Crippen molar-refractivity contribution in [2.75, 3.05) is 5.73 Å². The van der Waals surface area contributed by atoms with E-state index >= 15 is 0 Å². The number of nitrogens with two attached hydrogens (primary N) is 1. The summed E-state index contributed by atoms with van der Waals surface area (Å²) in [6, 6.07) is 6.32. The van der Waals surface area contributed by atoms with Crippen molar-refractivity contribution in [3.63, 3.8) is 0 Å². The molecular weight excluding hydrogens is 266 g/mol. The fourth-order valence-corrected chi connectivity index (χ4v) is 2.22. The summed E-state index contributed by atoms with van der Waals surface area (Å²) in [7, 11) is 1.84. The van der Waals surface area contributed by atoms with Gasteiger partial charge in [0.1, 0.15) is 11.5 Å². The van der Waals surface area contributed by atoms with E-state index < -0.39 is 0 Å². The highest BCUT2D eigenvalue weighted by Crippen LogP contribution is 2.33. The standard InChI is InChI=1S/C12H14BrN3/c1-7-4-5-8(2)9(6-7)11-10(13)12(14)16(3)15-11/h4-6H,14H2,1-3H3. The molecule has 16 heavy (non-hydrogen) atoms. The number of halogens is 1. The summed E-state index contributed by atoms with van der Waals surface area (Å²) in [6.07, 6.45) is 0. The number of aryl methyl sites for hydroxylation is 3. The summed E-state index contributed by atoms with van der Waals surface area (Å²) < 4.78 is 2.55. The van der Waals surface area contributed by atoms with E-state index in [1.807, 2.05) is 7.05 Å². The van der Waals surface area contributed by atoms with Crippen LogP contribution in [0.2, 0.25) is 0 Å². The van der Waals surface area contributed by atoms with E-state index in [1.54, 1.807) is 4.68 Å². The lowest BCUT2D eigenvalue weighted by Crippen LogP contribution is -1.97. The third-order valence-electron chi connectivity index (χ3n) is 2.68. The molecule has 4 heteroatoms. The van der Waals surface area contributed by atoms with Gasteiger partial charge in [-0.25, -0.2) is 0 Å². The van der Waals surface area contributed by atoms with Crippen LogP contribution in [0.4, 0.5) is 5.82 Å². The molecule has 0 aliphatic rings. The monoisotopic (exact) mass is 279 g/mol. The quantitative estimate of drug-likeness (QED) is 0.872. The van der Waals surface area contributed by atoms with Crippen molar-refractivity contribution in [2.45, 2.75) is 13.8 Å². The van der Waals surface area contributed by atoms with Crippen LogP contribution in [-0.2, 0) is 7.05 Å². The van der Waals surface area contributed by atoms with Gasteiger partial charge in [-0.15, -0.1) is 0 Å². The van der Waals surface area contributed by atoms with E-state index in [2.05, 4.69) is 53.1 Å². The number of aromatic nitrogens is 2. The maximum absolute atomic E-state index is 5.88. The average molecular weight is 280 g/mol. The Morgan fingerprint density at radius 2 is 2.00 bits per heavy atom. The van der Waals surface area contributed by atoms with Crippen LogP contribution in [0.1, 0.15) is 11.1 Å². The summed E-state index contributed by atoms with van der Waals surface area (Å²) in [5.74, 6) is 0.649. The second-order valence-corrected chi connectivity index (χ2v) is 4.78. The molecule has 0 radical (unpaired) electrons. The van der Waals surface area contributed by atoms with Gasteiger partial charge in [-0.05, 0) is 41.4 Å². The Kier molecular flexibility index (Phi) is 2.76. The second kappa shape index (κ2) is 3.94. The van der Waals surface area contributed by atoms with E-state index in [0.717, 1.165) is 15.7 Å². The Morgan fingerprint density at radius 1 is 1.31 bits per heavy atom. The summed E-state index contributed by atoms with van der Waals surface area (Å²) in [5.41, 5.74) is 10.3. The molecular formula is C12H14BrN3. The maximum Gasteiger partial charge on any atom is 0.136 e. The van der Waals surface area contributed by atoms with Crippen molar-refractivity contribution >= 4 is 21.7 Å². The fraction of sp³-hybridized carbons (Fsp3) is 0.250. The van der Waals surface area contributed by atoms with Gasteiger partial charge in [0.15, 0.2) is 0 Å². The van der Waals surface area contributed by atoms with Crippen LogP contribution in [0.15, 0.2) is 22.7 Å². The zero-order valence-electron chi connectivity index (χ0n) is 9.58. The Hall–Kier alpha value is -1.29. The van der Waals surface area contributed by atoms with Gasteiger partial charge < -0.3 is 5.73 Å². The van der Waals surface area contributed by atoms with E-state index in [0.29, 0.717) is 5.82 Å². The highest BCUT2D eigenvalue weighted by molar-refractivity contribution is 9.10. The van der Waals surface area contributed by atoms with E-state index in [1.165, 1.54) is 11.1 Å². The molecule has 0 bridgehead atoms. The van der Waals surface area contributed by atoms with Gasteiger partial charge in [0.2, 0.25) is 0 Å². The van der Waals surface area contributed by atoms with Gasteiger partial charge in [-0.3, -0.25) is 4.68 Å². The molecule has 84 valence electrons. The molecule has 1 aromatic heterocycles. The predicted molar refractivity (Wildman–Crippen MR) is 70.2 cm³/mol. The summed E-state index contributed by atoms with van der Waals surface area (Å²) in [6.45, 7) is 4.15. The SMILES string of the molecule is Cc1ccc(C)c(-c2nn(C)c(N)c2Br)c1. The van der Waals surface area contributed by atoms with Crippen molar-refractivity contribution in [1.82, 2.24) is 9.78 Å². The number of rotatable bonds is 1. The highest BCUT2D eigenvalue weighted by atomic mass is 79.9. The lowest BCUT2D eigenvalue weighted by Gasteiger charge is -2.04. The van der Waals surface area contributed by atoms with Crippen LogP contribution < -0.4 is 5.73 Å². The average Bonchev–Trinajstić information content (AvgIpc) is 2.50. The normalized spacial score (nSPS) is 10.8. The Morgan fingerprint density at radius 3 is 2.56 bits per heavy atom. The van der Waals surface area contributed by atoms with E-state index in [9.17, 15) is 0 Å². The minimum atomic E-state index is 0.649. The number of nitrogens with zero attached hydrogens (tertiary/aromatic N) is 2. The number of hydrogen-bond donors (Lipinski definition) is 1. The number of benzene rings is 1. The molecule has 1 aromatic carbocycles. The molecule has 2 aromatic rings. The maximum atomic E-state index is 5.88. The minimum Gasteiger partial charge on any atom is -0.383 e. The van der Waals surface area contributed by atoms with Gasteiger partial charge >= 0.3 is 0 Å². The van der Waals surface area contributed by atoms with Crippen molar-refractivity contribution in [3.8, 4) is 11.3 Å². The molecule has 3 nitrogen and oxygen atoms in total.